The number of hydrogen-bond acceptors (Lipinski definition) is 5. The average molecular weight is 308 g/mol. The van der Waals surface area contributed by atoms with Crippen LogP contribution in [0.3, 0.4) is 0 Å². The van der Waals surface area contributed by atoms with E-state index < -0.39 is 10.9 Å². The number of benzene rings is 2. The molecule has 6 heteroatoms. The summed E-state index contributed by atoms with van der Waals surface area (Å²) in [6.45, 7) is 0.0871. The molecule has 0 saturated heterocycles. The predicted octanol–water partition coefficient (Wildman–Crippen LogP) is 3.22. The van der Waals surface area contributed by atoms with Gasteiger partial charge in [0.25, 0.3) is 5.69 Å². The van der Waals surface area contributed by atoms with Gasteiger partial charge in [-0.05, 0) is 29.3 Å². The van der Waals surface area contributed by atoms with Gasteiger partial charge in [-0.2, -0.15) is 5.26 Å². The summed E-state index contributed by atoms with van der Waals surface area (Å²) in [7, 11) is 0. The van der Waals surface area contributed by atoms with Gasteiger partial charge in [0.05, 0.1) is 16.6 Å². The van der Waals surface area contributed by atoms with E-state index >= 15 is 0 Å². The van der Waals surface area contributed by atoms with Crippen molar-refractivity contribution in [3.05, 3.63) is 81.4 Å². The van der Waals surface area contributed by atoms with Crippen molar-refractivity contribution in [3.8, 4) is 6.07 Å². The quantitative estimate of drug-likeness (QED) is 0.366. The molecular weight excluding hydrogens is 296 g/mol. The van der Waals surface area contributed by atoms with E-state index in [4.69, 9.17) is 10.00 Å². The molecule has 2 aromatic rings. The van der Waals surface area contributed by atoms with Crippen molar-refractivity contribution in [2.45, 2.75) is 6.61 Å². The average Bonchev–Trinajstić information content (AvgIpc) is 2.58. The number of nitrogens with zero attached hydrogens (tertiary/aromatic N) is 2. The van der Waals surface area contributed by atoms with Crippen molar-refractivity contribution in [2.75, 3.05) is 0 Å². The van der Waals surface area contributed by atoms with Gasteiger partial charge in [0.1, 0.15) is 6.61 Å². The molecule has 0 aliphatic heterocycles. The van der Waals surface area contributed by atoms with E-state index in [1.54, 1.807) is 36.4 Å². The van der Waals surface area contributed by atoms with E-state index in [1.807, 2.05) is 6.07 Å². The Morgan fingerprint density at radius 1 is 1.26 bits per heavy atom. The Balaban J connectivity index is 1.92. The molecule has 2 rings (SSSR count). The summed E-state index contributed by atoms with van der Waals surface area (Å²) < 4.78 is 5.06. The molecule has 0 radical (unpaired) electrons. The fourth-order valence-electron chi connectivity index (χ4n) is 1.78. The van der Waals surface area contributed by atoms with Gasteiger partial charge in [-0.1, -0.05) is 24.3 Å². The van der Waals surface area contributed by atoms with Crippen LogP contribution < -0.4 is 0 Å². The van der Waals surface area contributed by atoms with Crippen molar-refractivity contribution in [3.63, 3.8) is 0 Å². The van der Waals surface area contributed by atoms with Gasteiger partial charge in [0, 0.05) is 18.2 Å². The number of nitriles is 1. The van der Waals surface area contributed by atoms with Gasteiger partial charge in [0.2, 0.25) is 0 Å². The molecule has 0 unspecified atom stereocenters. The molecule has 114 valence electrons. The van der Waals surface area contributed by atoms with Crippen LogP contribution in [-0.4, -0.2) is 10.9 Å². The minimum Gasteiger partial charge on any atom is -0.458 e. The molecule has 2 aromatic carbocycles. The third kappa shape index (κ3) is 4.79. The third-order valence-electron chi connectivity index (χ3n) is 2.96. The summed E-state index contributed by atoms with van der Waals surface area (Å²) in [5.74, 6) is -0.555. The van der Waals surface area contributed by atoms with Crippen LogP contribution in [0.2, 0.25) is 0 Å². The molecule has 0 spiro atoms. The number of carbonyl (C=O) groups is 1. The summed E-state index contributed by atoms with van der Waals surface area (Å²) in [4.78, 5) is 21.8. The predicted molar refractivity (Wildman–Crippen MR) is 83.1 cm³/mol. The number of ether oxygens (including phenoxy) is 1. The molecule has 0 bridgehead atoms. The zero-order valence-electron chi connectivity index (χ0n) is 12.0. The first-order chi connectivity index (χ1) is 11.1. The van der Waals surface area contributed by atoms with Crippen LogP contribution in [0.4, 0.5) is 5.69 Å². The summed E-state index contributed by atoms with van der Waals surface area (Å²) in [5.41, 5.74) is 1.79. The lowest BCUT2D eigenvalue weighted by Gasteiger charge is -2.02. The SMILES string of the molecule is N#Cc1ccc(COC(=O)/C=C/c2cccc([N+](=O)[O-])c2)cc1. The number of nitro benzene ring substituents is 1. The fourth-order valence-corrected chi connectivity index (χ4v) is 1.78. The molecule has 0 amide bonds. The topological polar surface area (TPSA) is 93.2 Å². The molecule has 0 N–H and O–H groups in total. The lowest BCUT2D eigenvalue weighted by atomic mass is 10.1. The molecule has 0 aliphatic rings. The highest BCUT2D eigenvalue weighted by atomic mass is 16.6. The first-order valence-electron chi connectivity index (χ1n) is 6.67. The van der Waals surface area contributed by atoms with E-state index in [1.165, 1.54) is 24.3 Å². The number of non-ortho nitro benzene ring substituents is 1. The summed E-state index contributed by atoms with van der Waals surface area (Å²) >= 11 is 0. The highest BCUT2D eigenvalue weighted by molar-refractivity contribution is 5.87. The Morgan fingerprint density at radius 3 is 2.65 bits per heavy atom. The Morgan fingerprint density at radius 2 is 2.00 bits per heavy atom. The molecule has 0 aromatic heterocycles. The second kappa shape index (κ2) is 7.52. The minimum atomic E-state index is -0.555. The van der Waals surface area contributed by atoms with Crippen LogP contribution in [0.5, 0.6) is 0 Å². The summed E-state index contributed by atoms with van der Waals surface area (Å²) in [5, 5.41) is 19.4. The zero-order valence-corrected chi connectivity index (χ0v) is 12.0. The summed E-state index contributed by atoms with van der Waals surface area (Å²) in [6.07, 6.45) is 2.66. The number of rotatable bonds is 5. The minimum absolute atomic E-state index is 0.0434. The third-order valence-corrected chi connectivity index (χ3v) is 2.96. The Labute approximate surface area is 132 Å². The molecule has 0 atom stereocenters. The molecule has 6 nitrogen and oxygen atoms in total. The number of nitro groups is 1. The van der Waals surface area contributed by atoms with Crippen molar-refractivity contribution in [1.82, 2.24) is 0 Å². The van der Waals surface area contributed by atoms with Crippen LogP contribution in [-0.2, 0) is 16.1 Å². The summed E-state index contributed by atoms with van der Waals surface area (Å²) in [6, 6.07) is 14.6. The van der Waals surface area contributed by atoms with Crippen molar-refractivity contribution < 1.29 is 14.5 Å². The van der Waals surface area contributed by atoms with Gasteiger partial charge in [-0.3, -0.25) is 10.1 Å². The van der Waals surface area contributed by atoms with E-state index in [-0.39, 0.29) is 12.3 Å². The van der Waals surface area contributed by atoms with E-state index in [2.05, 4.69) is 0 Å². The van der Waals surface area contributed by atoms with Crippen LogP contribution >= 0.6 is 0 Å². The maximum atomic E-state index is 11.6. The maximum absolute atomic E-state index is 11.6. The van der Waals surface area contributed by atoms with Crippen LogP contribution in [0.15, 0.2) is 54.6 Å². The van der Waals surface area contributed by atoms with Crippen LogP contribution in [0.25, 0.3) is 6.08 Å². The normalized spacial score (nSPS) is 10.2. The maximum Gasteiger partial charge on any atom is 0.331 e. The molecule has 0 saturated carbocycles. The second-order valence-corrected chi connectivity index (χ2v) is 4.60. The standard InChI is InChI=1S/C17H12N2O4/c18-11-14-4-6-15(7-5-14)12-23-17(20)9-8-13-2-1-3-16(10-13)19(21)22/h1-10H,12H2/b9-8+. The smallest absolute Gasteiger partial charge is 0.331 e. The van der Waals surface area contributed by atoms with Gasteiger partial charge in [0.15, 0.2) is 0 Å². The Kier molecular flexibility index (Phi) is 5.21. The van der Waals surface area contributed by atoms with Crippen molar-refractivity contribution >= 4 is 17.7 Å². The fraction of sp³-hybridized carbons (Fsp3) is 0.0588. The highest BCUT2D eigenvalue weighted by Crippen LogP contribution is 2.14. The lowest BCUT2D eigenvalue weighted by molar-refractivity contribution is -0.384. The van der Waals surface area contributed by atoms with Crippen LogP contribution in [0, 0.1) is 21.4 Å². The lowest BCUT2D eigenvalue weighted by Crippen LogP contribution is -2.00. The first-order valence-corrected chi connectivity index (χ1v) is 6.67. The molecule has 0 heterocycles. The molecule has 0 aliphatic carbocycles. The van der Waals surface area contributed by atoms with Gasteiger partial charge in [-0.15, -0.1) is 0 Å². The van der Waals surface area contributed by atoms with E-state index in [0.717, 1.165) is 5.56 Å². The number of hydrogen-bond donors (Lipinski definition) is 0. The number of esters is 1. The molecule has 23 heavy (non-hydrogen) atoms. The monoisotopic (exact) mass is 308 g/mol. The highest BCUT2D eigenvalue weighted by Gasteiger charge is 2.04. The largest absolute Gasteiger partial charge is 0.458 e. The van der Waals surface area contributed by atoms with Gasteiger partial charge >= 0.3 is 5.97 Å². The Bertz CT molecular complexity index is 789. The number of carbonyl (C=O) groups excluding carboxylic acids is 1. The van der Waals surface area contributed by atoms with E-state index in [0.29, 0.717) is 11.1 Å². The van der Waals surface area contributed by atoms with Crippen molar-refractivity contribution in [2.24, 2.45) is 0 Å². The molecular formula is C17H12N2O4. The van der Waals surface area contributed by atoms with Crippen LogP contribution in [0.1, 0.15) is 16.7 Å². The second-order valence-electron chi connectivity index (χ2n) is 4.60. The van der Waals surface area contributed by atoms with Crippen molar-refractivity contribution in [1.29, 1.82) is 5.26 Å². The van der Waals surface area contributed by atoms with Gasteiger partial charge in [-0.25, -0.2) is 4.79 Å². The van der Waals surface area contributed by atoms with E-state index in [9.17, 15) is 14.9 Å². The first kappa shape index (κ1) is 15.9. The zero-order chi connectivity index (χ0) is 16.7. The van der Waals surface area contributed by atoms with Gasteiger partial charge < -0.3 is 4.74 Å². The Hall–Kier alpha value is -3.46. The molecule has 0 fully saturated rings.